The van der Waals surface area contributed by atoms with E-state index in [0.29, 0.717) is 11.6 Å². The Balaban J connectivity index is 1.50. The minimum Gasteiger partial charge on any atom is -0.490 e. The molecule has 34 heavy (non-hydrogen) atoms. The molecule has 0 bridgehead atoms. The van der Waals surface area contributed by atoms with E-state index in [1.165, 1.54) is 31.5 Å². The van der Waals surface area contributed by atoms with Crippen molar-refractivity contribution >= 4 is 17.3 Å². The highest BCUT2D eigenvalue weighted by Gasteiger charge is 2.19. The molecular weight excluding hydrogens is 434 g/mol. The van der Waals surface area contributed by atoms with Crippen LogP contribution in [0.15, 0.2) is 97.2 Å². The van der Waals surface area contributed by atoms with Crippen LogP contribution in [0.5, 0.6) is 11.6 Å². The summed E-state index contributed by atoms with van der Waals surface area (Å²) in [5.74, 6) is -0.0421. The topological polar surface area (TPSA) is 104 Å². The Morgan fingerprint density at radius 1 is 0.941 bits per heavy atom. The Morgan fingerprint density at radius 3 is 2.12 bits per heavy atom. The third-order valence-corrected chi connectivity index (χ3v) is 5.08. The van der Waals surface area contributed by atoms with Crippen LogP contribution in [0.25, 0.3) is 0 Å². The summed E-state index contributed by atoms with van der Waals surface area (Å²) < 4.78 is 11.2. The van der Waals surface area contributed by atoms with Crippen molar-refractivity contribution in [1.29, 1.82) is 0 Å². The molecule has 0 aliphatic carbocycles. The van der Waals surface area contributed by atoms with Crippen LogP contribution in [0.3, 0.4) is 0 Å². The van der Waals surface area contributed by atoms with E-state index in [1.54, 1.807) is 12.1 Å². The highest BCUT2D eigenvalue weighted by molar-refractivity contribution is 6.04. The molecule has 1 aromatic heterocycles. The quantitative estimate of drug-likeness (QED) is 0.281. The number of nitro benzene ring substituents is 1. The fourth-order valence-corrected chi connectivity index (χ4v) is 3.41. The lowest BCUT2D eigenvalue weighted by molar-refractivity contribution is -0.385. The van der Waals surface area contributed by atoms with Crippen molar-refractivity contribution in [3.05, 3.63) is 124 Å². The molecule has 0 aliphatic rings. The highest BCUT2D eigenvalue weighted by Crippen LogP contribution is 2.29. The number of nitrogens with zero attached hydrogens (tertiary/aromatic N) is 2. The summed E-state index contributed by atoms with van der Waals surface area (Å²) in [5, 5.41) is 13.9. The Morgan fingerprint density at radius 2 is 1.59 bits per heavy atom. The van der Waals surface area contributed by atoms with E-state index in [0.717, 1.165) is 11.1 Å². The molecule has 8 nitrogen and oxygen atoms in total. The third kappa shape index (κ3) is 5.18. The summed E-state index contributed by atoms with van der Waals surface area (Å²) in [6.07, 6.45) is 1.12. The average molecular weight is 455 g/mol. The van der Waals surface area contributed by atoms with E-state index in [9.17, 15) is 14.9 Å². The molecule has 0 unspecified atom stereocenters. The van der Waals surface area contributed by atoms with Crippen LogP contribution in [-0.2, 0) is 0 Å². The first-order valence-corrected chi connectivity index (χ1v) is 10.4. The van der Waals surface area contributed by atoms with Gasteiger partial charge in [0.2, 0.25) is 5.88 Å². The predicted octanol–water partition coefficient (Wildman–Crippen LogP) is 5.42. The van der Waals surface area contributed by atoms with Crippen LogP contribution in [-0.4, -0.2) is 22.9 Å². The van der Waals surface area contributed by atoms with E-state index in [4.69, 9.17) is 9.47 Å². The number of pyridine rings is 1. The zero-order valence-corrected chi connectivity index (χ0v) is 18.3. The first kappa shape index (κ1) is 22.5. The van der Waals surface area contributed by atoms with Gasteiger partial charge in [0, 0.05) is 17.7 Å². The maximum atomic E-state index is 12.6. The summed E-state index contributed by atoms with van der Waals surface area (Å²) in [6, 6.07) is 27.0. The number of carbonyl (C=O) groups excluding carboxylic acids is 1. The lowest BCUT2D eigenvalue weighted by Crippen LogP contribution is -2.13. The third-order valence-electron chi connectivity index (χ3n) is 5.08. The van der Waals surface area contributed by atoms with Gasteiger partial charge < -0.3 is 14.8 Å². The van der Waals surface area contributed by atoms with Gasteiger partial charge in [0.05, 0.1) is 23.9 Å². The van der Waals surface area contributed by atoms with E-state index in [2.05, 4.69) is 10.3 Å². The van der Waals surface area contributed by atoms with Gasteiger partial charge in [0.15, 0.2) is 11.9 Å². The fourth-order valence-electron chi connectivity index (χ4n) is 3.41. The lowest BCUT2D eigenvalue weighted by Gasteiger charge is -2.19. The van der Waals surface area contributed by atoms with Gasteiger partial charge in [-0.05, 0) is 29.3 Å². The fraction of sp³-hybridized carbons (Fsp3) is 0.0769. The maximum absolute atomic E-state index is 12.6. The van der Waals surface area contributed by atoms with Gasteiger partial charge >= 0.3 is 5.69 Å². The first-order valence-electron chi connectivity index (χ1n) is 10.4. The van der Waals surface area contributed by atoms with Crippen LogP contribution < -0.4 is 14.8 Å². The summed E-state index contributed by atoms with van der Waals surface area (Å²) in [5.41, 5.74) is 2.22. The first-order chi connectivity index (χ1) is 16.5. The zero-order valence-electron chi connectivity index (χ0n) is 18.3. The van der Waals surface area contributed by atoms with Crippen molar-refractivity contribution < 1.29 is 19.2 Å². The van der Waals surface area contributed by atoms with Gasteiger partial charge in [0.1, 0.15) is 0 Å². The Kier molecular flexibility index (Phi) is 6.78. The zero-order chi connectivity index (χ0) is 23.9. The number of aromatic nitrogens is 1. The highest BCUT2D eigenvalue weighted by atomic mass is 16.6. The van der Waals surface area contributed by atoms with Crippen LogP contribution in [0.4, 0.5) is 11.4 Å². The molecule has 4 rings (SSSR count). The molecule has 3 aromatic carbocycles. The Bertz CT molecular complexity index is 1240. The molecule has 0 saturated heterocycles. The van der Waals surface area contributed by atoms with Crippen molar-refractivity contribution in [2.75, 3.05) is 12.4 Å². The number of rotatable bonds is 8. The van der Waals surface area contributed by atoms with E-state index >= 15 is 0 Å². The van der Waals surface area contributed by atoms with Crippen molar-refractivity contribution in [2.24, 2.45) is 0 Å². The minimum absolute atomic E-state index is 0.0797. The van der Waals surface area contributed by atoms with Crippen LogP contribution in [0, 0.1) is 10.1 Å². The molecule has 0 fully saturated rings. The van der Waals surface area contributed by atoms with Gasteiger partial charge in [-0.2, -0.15) is 0 Å². The molecule has 1 amide bonds. The standard InChI is InChI=1S/C26H21N3O5/c1-33-23-14-12-20(16-22(23)29(31)32)26(30)28-21-13-15-24(27-17-21)34-25(18-8-4-2-5-9-18)19-10-6-3-7-11-19/h2-17,25H,1H3,(H,28,30). The summed E-state index contributed by atoms with van der Waals surface area (Å²) >= 11 is 0. The maximum Gasteiger partial charge on any atom is 0.311 e. The minimum atomic E-state index is -0.598. The Labute approximate surface area is 196 Å². The van der Waals surface area contributed by atoms with Gasteiger partial charge in [-0.25, -0.2) is 4.98 Å². The number of anilines is 1. The van der Waals surface area contributed by atoms with Gasteiger partial charge in [-0.15, -0.1) is 0 Å². The second-order valence-corrected chi connectivity index (χ2v) is 7.30. The number of benzene rings is 3. The Hall–Kier alpha value is -4.72. The summed E-state index contributed by atoms with van der Waals surface area (Å²) in [6.45, 7) is 0. The van der Waals surface area contributed by atoms with E-state index < -0.39 is 10.8 Å². The van der Waals surface area contributed by atoms with Crippen LogP contribution in [0.1, 0.15) is 27.6 Å². The lowest BCUT2D eigenvalue weighted by atomic mass is 10.0. The molecule has 170 valence electrons. The summed E-state index contributed by atoms with van der Waals surface area (Å²) in [7, 11) is 1.33. The average Bonchev–Trinajstić information content (AvgIpc) is 2.88. The normalized spacial score (nSPS) is 10.5. The second-order valence-electron chi connectivity index (χ2n) is 7.30. The number of carbonyl (C=O) groups is 1. The second kappa shape index (κ2) is 10.3. The predicted molar refractivity (Wildman–Crippen MR) is 127 cm³/mol. The molecule has 1 heterocycles. The number of hydrogen-bond acceptors (Lipinski definition) is 6. The molecular formula is C26H21N3O5. The van der Waals surface area contributed by atoms with Crippen molar-refractivity contribution in [2.45, 2.75) is 6.10 Å². The summed E-state index contributed by atoms with van der Waals surface area (Å²) in [4.78, 5) is 27.5. The van der Waals surface area contributed by atoms with E-state index in [1.807, 2.05) is 60.7 Å². The van der Waals surface area contributed by atoms with Crippen molar-refractivity contribution in [3.8, 4) is 11.6 Å². The number of amides is 1. The molecule has 0 spiro atoms. The number of hydrogen-bond donors (Lipinski definition) is 1. The molecule has 0 atom stereocenters. The van der Waals surface area contributed by atoms with Crippen LogP contribution >= 0.6 is 0 Å². The number of nitro groups is 1. The largest absolute Gasteiger partial charge is 0.490 e. The van der Waals surface area contributed by atoms with Crippen LogP contribution in [0.2, 0.25) is 0 Å². The molecule has 0 aliphatic heterocycles. The van der Waals surface area contributed by atoms with Gasteiger partial charge in [-0.3, -0.25) is 14.9 Å². The van der Waals surface area contributed by atoms with Crippen molar-refractivity contribution in [3.63, 3.8) is 0 Å². The van der Waals surface area contributed by atoms with Gasteiger partial charge in [0.25, 0.3) is 5.91 Å². The molecule has 4 aromatic rings. The number of ether oxygens (including phenoxy) is 2. The van der Waals surface area contributed by atoms with Crippen molar-refractivity contribution in [1.82, 2.24) is 4.98 Å². The molecule has 1 N–H and O–H groups in total. The van der Waals surface area contributed by atoms with Gasteiger partial charge in [-0.1, -0.05) is 60.7 Å². The number of methoxy groups -OCH3 is 1. The van der Waals surface area contributed by atoms with E-state index in [-0.39, 0.29) is 23.1 Å². The monoisotopic (exact) mass is 455 g/mol. The molecule has 0 radical (unpaired) electrons. The molecule has 8 heteroatoms. The molecule has 0 saturated carbocycles. The number of nitrogens with one attached hydrogen (secondary N) is 1. The smallest absolute Gasteiger partial charge is 0.311 e. The SMILES string of the molecule is COc1ccc(C(=O)Nc2ccc(OC(c3ccccc3)c3ccccc3)nc2)cc1[N+](=O)[O-].